The summed E-state index contributed by atoms with van der Waals surface area (Å²) in [6, 6.07) is 9.05. The lowest BCUT2D eigenvalue weighted by Gasteiger charge is -2.49. The number of hydrogen-bond acceptors (Lipinski definition) is 1. The van der Waals surface area contributed by atoms with Crippen molar-refractivity contribution >= 4 is 5.78 Å². The molecule has 0 aliphatic heterocycles. The van der Waals surface area contributed by atoms with E-state index in [2.05, 4.69) is 38.1 Å². The van der Waals surface area contributed by atoms with Crippen LogP contribution >= 0.6 is 0 Å². The Hall–Kier alpha value is -1.11. The smallest absolute Gasteiger partial charge is 0.139 e. The van der Waals surface area contributed by atoms with E-state index in [1.165, 1.54) is 12.8 Å². The lowest BCUT2D eigenvalue weighted by atomic mass is 9.54. The van der Waals surface area contributed by atoms with Crippen LogP contribution in [0.4, 0.5) is 0 Å². The Labute approximate surface area is 121 Å². The van der Waals surface area contributed by atoms with Crippen molar-refractivity contribution in [2.24, 2.45) is 17.3 Å². The second-order valence-corrected chi connectivity index (χ2v) is 7.56. The third-order valence-electron chi connectivity index (χ3n) is 6.70. The van der Waals surface area contributed by atoms with E-state index in [9.17, 15) is 4.79 Å². The predicted molar refractivity (Wildman–Crippen MR) is 80.8 cm³/mol. The molecule has 20 heavy (non-hydrogen) atoms. The molecule has 0 N–H and O–H groups in total. The zero-order chi connectivity index (χ0) is 13.9. The van der Waals surface area contributed by atoms with Crippen molar-refractivity contribution in [3.05, 3.63) is 35.4 Å². The molecule has 0 amide bonds. The van der Waals surface area contributed by atoms with Crippen LogP contribution in [0.15, 0.2) is 24.3 Å². The van der Waals surface area contributed by atoms with Crippen molar-refractivity contribution in [3.63, 3.8) is 0 Å². The Morgan fingerprint density at radius 2 is 1.90 bits per heavy atom. The maximum atomic E-state index is 12.3. The summed E-state index contributed by atoms with van der Waals surface area (Å²) >= 11 is 0. The minimum Gasteiger partial charge on any atom is -0.299 e. The number of Topliss-reactive ketones (excluding diaryl/α,β-unsaturated/α-hetero) is 1. The normalized spacial score (nSPS) is 42.8. The number of carbonyl (C=O) groups excluding carboxylic acids is 1. The topological polar surface area (TPSA) is 17.1 Å². The van der Waals surface area contributed by atoms with Gasteiger partial charge in [-0.3, -0.25) is 4.79 Å². The first-order chi connectivity index (χ1) is 9.61. The van der Waals surface area contributed by atoms with Crippen molar-refractivity contribution in [3.8, 4) is 0 Å². The highest BCUT2D eigenvalue weighted by molar-refractivity contribution is 5.87. The average molecular weight is 268 g/mol. The molecule has 0 heterocycles. The van der Waals surface area contributed by atoms with E-state index in [1.807, 2.05) is 0 Å². The number of carbonyl (C=O) groups is 1. The number of benzene rings is 1. The van der Waals surface area contributed by atoms with Crippen molar-refractivity contribution in [2.75, 3.05) is 0 Å². The molecule has 1 aromatic rings. The minimum absolute atomic E-state index is 0.00711. The minimum atomic E-state index is 0.00711. The van der Waals surface area contributed by atoms with Gasteiger partial charge in [-0.15, -0.1) is 0 Å². The van der Waals surface area contributed by atoms with Crippen molar-refractivity contribution in [1.29, 1.82) is 0 Å². The molecule has 0 radical (unpaired) electrons. The summed E-state index contributed by atoms with van der Waals surface area (Å²) in [4.78, 5) is 12.3. The molecule has 0 spiro atoms. The Kier molecular flexibility index (Phi) is 2.64. The van der Waals surface area contributed by atoms with Gasteiger partial charge in [0.2, 0.25) is 0 Å². The van der Waals surface area contributed by atoms with Crippen LogP contribution in [0.3, 0.4) is 0 Å². The average Bonchev–Trinajstić information content (AvgIpc) is 2.76. The highest BCUT2D eigenvalue weighted by Gasteiger charge is 2.55. The monoisotopic (exact) mass is 268 g/mol. The fourth-order valence-electron chi connectivity index (χ4n) is 5.61. The molecule has 2 fully saturated rings. The van der Waals surface area contributed by atoms with Crippen molar-refractivity contribution in [1.82, 2.24) is 0 Å². The molecule has 4 rings (SSSR count). The highest BCUT2D eigenvalue weighted by atomic mass is 16.1. The summed E-state index contributed by atoms with van der Waals surface area (Å²) in [6.07, 6.45) is 5.59. The summed E-state index contributed by atoms with van der Waals surface area (Å²) in [5.74, 6) is 3.30. The Morgan fingerprint density at radius 1 is 1.15 bits per heavy atom. The molecule has 1 aromatic carbocycles. The maximum absolute atomic E-state index is 12.3. The SMILES string of the molecule is C[C@H]1C[C@@H]2[C@H](CC[C@]3(C)C(=O)CC[C@@H]23)c2ccccc21. The van der Waals surface area contributed by atoms with Crippen molar-refractivity contribution < 1.29 is 4.79 Å². The first kappa shape index (κ1) is 12.6. The first-order valence-electron chi connectivity index (χ1n) is 8.23. The molecule has 2 saturated carbocycles. The van der Waals surface area contributed by atoms with Gasteiger partial charge in [0.25, 0.3) is 0 Å². The number of rotatable bonds is 0. The first-order valence-corrected chi connectivity index (χ1v) is 8.23. The van der Waals surface area contributed by atoms with Gasteiger partial charge in [-0.1, -0.05) is 38.1 Å². The number of ketones is 1. The summed E-state index contributed by atoms with van der Waals surface area (Å²) in [7, 11) is 0. The molecular formula is C19H24O. The third kappa shape index (κ3) is 1.52. The Balaban J connectivity index is 1.77. The van der Waals surface area contributed by atoms with Gasteiger partial charge in [-0.05, 0) is 60.5 Å². The number of hydrogen-bond donors (Lipinski definition) is 0. The van der Waals surface area contributed by atoms with Crippen LogP contribution in [-0.4, -0.2) is 5.78 Å². The molecular weight excluding hydrogens is 244 g/mol. The van der Waals surface area contributed by atoms with Crippen LogP contribution in [0, 0.1) is 17.3 Å². The van der Waals surface area contributed by atoms with Gasteiger partial charge in [0.15, 0.2) is 0 Å². The summed E-state index contributed by atoms with van der Waals surface area (Å²) < 4.78 is 0. The van der Waals surface area contributed by atoms with Crippen LogP contribution < -0.4 is 0 Å². The van der Waals surface area contributed by atoms with E-state index < -0.39 is 0 Å². The third-order valence-corrected chi connectivity index (χ3v) is 6.70. The molecule has 0 unspecified atom stereocenters. The fraction of sp³-hybridized carbons (Fsp3) is 0.632. The number of fused-ring (bicyclic) bond motifs is 5. The van der Waals surface area contributed by atoms with Gasteiger partial charge in [0.05, 0.1) is 0 Å². The van der Waals surface area contributed by atoms with Crippen molar-refractivity contribution in [2.45, 2.75) is 57.8 Å². The van der Waals surface area contributed by atoms with Gasteiger partial charge >= 0.3 is 0 Å². The zero-order valence-corrected chi connectivity index (χ0v) is 12.6. The van der Waals surface area contributed by atoms with Crippen LogP contribution in [-0.2, 0) is 4.79 Å². The van der Waals surface area contributed by atoms with Gasteiger partial charge in [0, 0.05) is 11.8 Å². The van der Waals surface area contributed by atoms with E-state index in [0.717, 1.165) is 25.2 Å². The standard InChI is InChI=1S/C19H24O/c1-12-11-16-15(14-6-4-3-5-13(12)14)9-10-19(2)17(16)7-8-18(19)20/h3-6,12,15-17H,7-11H2,1-2H3/t12-,15+,16+,17-,19-/m0/s1. The van der Waals surface area contributed by atoms with E-state index >= 15 is 0 Å². The molecule has 1 nitrogen and oxygen atoms in total. The second kappa shape index (κ2) is 4.19. The highest BCUT2D eigenvalue weighted by Crippen LogP contribution is 2.60. The molecule has 0 bridgehead atoms. The van der Waals surface area contributed by atoms with Crippen LogP contribution in [0.25, 0.3) is 0 Å². The maximum Gasteiger partial charge on any atom is 0.139 e. The predicted octanol–water partition coefficient (Wildman–Crippen LogP) is 4.67. The zero-order valence-electron chi connectivity index (χ0n) is 12.6. The largest absolute Gasteiger partial charge is 0.299 e. The molecule has 3 aliphatic rings. The quantitative estimate of drug-likeness (QED) is 0.668. The van der Waals surface area contributed by atoms with E-state index in [0.29, 0.717) is 23.5 Å². The van der Waals surface area contributed by atoms with E-state index in [4.69, 9.17) is 0 Å². The van der Waals surface area contributed by atoms with Gasteiger partial charge in [-0.25, -0.2) is 0 Å². The Morgan fingerprint density at radius 3 is 2.70 bits per heavy atom. The molecule has 0 saturated heterocycles. The molecule has 3 aliphatic carbocycles. The van der Waals surface area contributed by atoms with Crippen LogP contribution in [0.5, 0.6) is 0 Å². The van der Waals surface area contributed by atoms with E-state index in [1.54, 1.807) is 11.1 Å². The Bertz CT molecular complexity index is 561. The fourth-order valence-corrected chi connectivity index (χ4v) is 5.61. The van der Waals surface area contributed by atoms with Gasteiger partial charge < -0.3 is 0 Å². The summed E-state index contributed by atoms with van der Waals surface area (Å²) in [5, 5.41) is 0. The lowest BCUT2D eigenvalue weighted by molar-refractivity contribution is -0.129. The van der Waals surface area contributed by atoms with Gasteiger partial charge in [-0.2, -0.15) is 0 Å². The summed E-state index contributed by atoms with van der Waals surface area (Å²) in [6.45, 7) is 4.63. The van der Waals surface area contributed by atoms with Crippen LogP contribution in [0.1, 0.15) is 68.9 Å². The molecule has 106 valence electrons. The molecule has 0 aromatic heterocycles. The van der Waals surface area contributed by atoms with E-state index in [-0.39, 0.29) is 5.41 Å². The van der Waals surface area contributed by atoms with Crippen LogP contribution in [0.2, 0.25) is 0 Å². The second-order valence-electron chi connectivity index (χ2n) is 7.56. The molecule has 5 atom stereocenters. The lowest BCUT2D eigenvalue weighted by Crippen LogP contribution is -2.42. The van der Waals surface area contributed by atoms with Gasteiger partial charge in [0.1, 0.15) is 5.78 Å². The summed E-state index contributed by atoms with van der Waals surface area (Å²) in [5.41, 5.74) is 3.17. The molecule has 1 heteroatoms.